The quantitative estimate of drug-likeness (QED) is 0.907. The number of nitrogens with zero attached hydrogens (tertiary/aromatic N) is 3. The fourth-order valence-electron chi connectivity index (χ4n) is 2.70. The van der Waals surface area contributed by atoms with E-state index in [0.717, 1.165) is 49.7 Å². The van der Waals surface area contributed by atoms with Crippen molar-refractivity contribution in [3.63, 3.8) is 0 Å². The molecule has 1 aromatic rings. The summed E-state index contributed by atoms with van der Waals surface area (Å²) in [6.07, 6.45) is 2.36. The summed E-state index contributed by atoms with van der Waals surface area (Å²) in [6, 6.07) is 0.394. The van der Waals surface area contributed by atoms with Gasteiger partial charge in [0.25, 0.3) is 0 Å². The number of morpholine rings is 1. The minimum Gasteiger partial charge on any atom is -0.394 e. The average Bonchev–Trinajstić information content (AvgIpc) is 2.65. The first-order valence-corrected chi connectivity index (χ1v) is 7.29. The van der Waals surface area contributed by atoms with E-state index in [9.17, 15) is 0 Å². The van der Waals surface area contributed by atoms with Gasteiger partial charge in [0.15, 0.2) is 5.82 Å². The number of aryl methyl sites for hydroxylation is 2. The third kappa shape index (κ3) is 2.71. The molecular weight excluding hydrogens is 240 g/mol. The van der Waals surface area contributed by atoms with E-state index >= 15 is 0 Å². The molecule has 0 aromatic carbocycles. The van der Waals surface area contributed by atoms with Gasteiger partial charge in [-0.05, 0) is 26.7 Å². The van der Waals surface area contributed by atoms with Crippen LogP contribution in [-0.2, 0) is 11.3 Å². The standard InChI is InChI=1S/C14H26N4O/c1-5-7-18-14(13(15)11(4)16-18)17-8-10(3)19-9-12(17)6-2/h10,12H,5-9,15H2,1-4H3. The van der Waals surface area contributed by atoms with Crippen molar-refractivity contribution in [1.82, 2.24) is 9.78 Å². The van der Waals surface area contributed by atoms with Crippen LogP contribution in [0.4, 0.5) is 11.5 Å². The van der Waals surface area contributed by atoms with Gasteiger partial charge in [-0.1, -0.05) is 13.8 Å². The zero-order valence-electron chi connectivity index (χ0n) is 12.5. The average molecular weight is 266 g/mol. The minimum absolute atomic E-state index is 0.243. The molecule has 5 heteroatoms. The molecule has 2 rings (SSSR count). The molecule has 2 unspecified atom stereocenters. The molecular formula is C14H26N4O. The second kappa shape index (κ2) is 5.82. The highest BCUT2D eigenvalue weighted by Gasteiger charge is 2.30. The lowest BCUT2D eigenvalue weighted by molar-refractivity contribution is 0.0293. The van der Waals surface area contributed by atoms with Crippen LogP contribution in [0.15, 0.2) is 0 Å². The van der Waals surface area contributed by atoms with Crippen LogP contribution in [-0.4, -0.2) is 35.1 Å². The van der Waals surface area contributed by atoms with Gasteiger partial charge in [0.2, 0.25) is 0 Å². The van der Waals surface area contributed by atoms with Gasteiger partial charge < -0.3 is 15.4 Å². The molecule has 0 aliphatic carbocycles. The van der Waals surface area contributed by atoms with Crippen LogP contribution in [0, 0.1) is 6.92 Å². The van der Waals surface area contributed by atoms with Gasteiger partial charge in [-0.2, -0.15) is 5.10 Å². The molecule has 19 heavy (non-hydrogen) atoms. The third-order valence-corrected chi connectivity index (χ3v) is 3.79. The topological polar surface area (TPSA) is 56.3 Å². The molecule has 1 aliphatic rings. The van der Waals surface area contributed by atoms with E-state index in [1.54, 1.807) is 0 Å². The van der Waals surface area contributed by atoms with Crippen molar-refractivity contribution in [2.24, 2.45) is 0 Å². The zero-order valence-corrected chi connectivity index (χ0v) is 12.5. The monoisotopic (exact) mass is 266 g/mol. The number of hydrogen-bond donors (Lipinski definition) is 1. The van der Waals surface area contributed by atoms with Crippen molar-refractivity contribution in [3.8, 4) is 0 Å². The van der Waals surface area contributed by atoms with Crippen LogP contribution in [0.3, 0.4) is 0 Å². The Morgan fingerprint density at radius 1 is 1.42 bits per heavy atom. The molecule has 108 valence electrons. The third-order valence-electron chi connectivity index (χ3n) is 3.79. The van der Waals surface area contributed by atoms with Crippen molar-refractivity contribution in [2.45, 2.75) is 59.2 Å². The van der Waals surface area contributed by atoms with Gasteiger partial charge in [-0.3, -0.25) is 0 Å². The summed E-state index contributed by atoms with van der Waals surface area (Å²) < 4.78 is 7.83. The fourth-order valence-corrected chi connectivity index (χ4v) is 2.70. The lowest BCUT2D eigenvalue weighted by Crippen LogP contribution is -2.49. The Kier molecular flexibility index (Phi) is 4.34. The zero-order chi connectivity index (χ0) is 14.0. The van der Waals surface area contributed by atoms with Gasteiger partial charge >= 0.3 is 0 Å². The van der Waals surface area contributed by atoms with Crippen LogP contribution in [0.5, 0.6) is 0 Å². The smallest absolute Gasteiger partial charge is 0.151 e. The summed E-state index contributed by atoms with van der Waals surface area (Å²) in [5.41, 5.74) is 8.01. The second-order valence-electron chi connectivity index (χ2n) is 5.40. The number of hydrogen-bond acceptors (Lipinski definition) is 4. The molecule has 1 aromatic heterocycles. The predicted octanol–water partition coefficient (Wildman–Crippen LogP) is 2.19. The molecule has 2 atom stereocenters. The summed E-state index contributed by atoms with van der Waals surface area (Å²) in [4.78, 5) is 2.39. The SMILES string of the molecule is CCCn1nc(C)c(N)c1N1CC(C)OCC1CC. The Bertz CT molecular complexity index is 429. The summed E-state index contributed by atoms with van der Waals surface area (Å²) in [6.45, 7) is 11.0. The Balaban J connectivity index is 2.37. The van der Waals surface area contributed by atoms with Crippen molar-refractivity contribution >= 4 is 11.5 Å². The Morgan fingerprint density at radius 2 is 2.16 bits per heavy atom. The number of aromatic nitrogens is 2. The maximum Gasteiger partial charge on any atom is 0.151 e. The van der Waals surface area contributed by atoms with E-state index in [1.807, 2.05) is 6.92 Å². The molecule has 2 N–H and O–H groups in total. The highest BCUT2D eigenvalue weighted by molar-refractivity contribution is 5.67. The van der Waals surface area contributed by atoms with E-state index in [1.165, 1.54) is 0 Å². The van der Waals surface area contributed by atoms with Crippen molar-refractivity contribution in [2.75, 3.05) is 23.8 Å². The van der Waals surface area contributed by atoms with Gasteiger partial charge in [-0.25, -0.2) is 4.68 Å². The minimum atomic E-state index is 0.243. The Labute approximate surface area is 115 Å². The predicted molar refractivity (Wildman–Crippen MR) is 78.5 cm³/mol. The van der Waals surface area contributed by atoms with E-state index in [0.29, 0.717) is 6.04 Å². The van der Waals surface area contributed by atoms with E-state index in [4.69, 9.17) is 10.5 Å². The summed E-state index contributed by atoms with van der Waals surface area (Å²) in [7, 11) is 0. The molecule has 0 radical (unpaired) electrons. The van der Waals surface area contributed by atoms with Crippen molar-refractivity contribution in [3.05, 3.63) is 5.69 Å². The highest BCUT2D eigenvalue weighted by atomic mass is 16.5. The van der Waals surface area contributed by atoms with Crippen molar-refractivity contribution in [1.29, 1.82) is 0 Å². The highest BCUT2D eigenvalue weighted by Crippen LogP contribution is 2.31. The first kappa shape index (κ1) is 14.2. The van der Waals surface area contributed by atoms with Gasteiger partial charge in [-0.15, -0.1) is 0 Å². The van der Waals surface area contributed by atoms with Crippen molar-refractivity contribution < 1.29 is 4.74 Å². The Hall–Kier alpha value is -1.23. The van der Waals surface area contributed by atoms with E-state index in [2.05, 4.69) is 35.5 Å². The molecule has 0 bridgehead atoms. The summed E-state index contributed by atoms with van der Waals surface area (Å²) in [5.74, 6) is 1.08. The van der Waals surface area contributed by atoms with Crippen LogP contribution >= 0.6 is 0 Å². The van der Waals surface area contributed by atoms with Crippen LogP contribution < -0.4 is 10.6 Å². The molecule has 5 nitrogen and oxygen atoms in total. The normalized spacial score (nSPS) is 23.9. The number of nitrogen functional groups attached to an aromatic ring is 1. The summed E-state index contributed by atoms with van der Waals surface area (Å²) in [5, 5.41) is 4.58. The summed E-state index contributed by atoms with van der Waals surface area (Å²) >= 11 is 0. The first-order chi connectivity index (χ1) is 9.08. The molecule has 2 heterocycles. The largest absolute Gasteiger partial charge is 0.394 e. The van der Waals surface area contributed by atoms with Gasteiger partial charge in [0.1, 0.15) is 0 Å². The van der Waals surface area contributed by atoms with Crippen LogP contribution in [0.2, 0.25) is 0 Å². The maximum atomic E-state index is 6.26. The lowest BCUT2D eigenvalue weighted by atomic mass is 10.1. The molecule has 1 aliphatic heterocycles. The number of rotatable bonds is 4. The number of anilines is 2. The molecule has 1 saturated heterocycles. The second-order valence-corrected chi connectivity index (χ2v) is 5.40. The van der Waals surface area contributed by atoms with Crippen LogP contribution in [0.25, 0.3) is 0 Å². The molecule has 0 amide bonds. The number of nitrogens with two attached hydrogens (primary N) is 1. The van der Waals surface area contributed by atoms with Gasteiger partial charge in [0.05, 0.1) is 30.1 Å². The Morgan fingerprint density at radius 3 is 2.79 bits per heavy atom. The van der Waals surface area contributed by atoms with E-state index < -0.39 is 0 Å². The maximum absolute atomic E-state index is 6.26. The molecule has 0 spiro atoms. The van der Waals surface area contributed by atoms with Gasteiger partial charge in [0, 0.05) is 13.1 Å². The lowest BCUT2D eigenvalue weighted by Gasteiger charge is -2.40. The fraction of sp³-hybridized carbons (Fsp3) is 0.786. The first-order valence-electron chi connectivity index (χ1n) is 7.29. The van der Waals surface area contributed by atoms with E-state index in [-0.39, 0.29) is 6.10 Å². The molecule has 0 saturated carbocycles. The molecule has 1 fully saturated rings. The number of ether oxygens (including phenoxy) is 1. The van der Waals surface area contributed by atoms with Crippen LogP contribution in [0.1, 0.15) is 39.3 Å².